The van der Waals surface area contributed by atoms with Crippen molar-refractivity contribution in [3.05, 3.63) is 52.5 Å². The Hall–Kier alpha value is -1.27. The van der Waals surface area contributed by atoms with E-state index in [1.807, 2.05) is 35.7 Å². The van der Waals surface area contributed by atoms with Gasteiger partial charge in [0.05, 0.1) is 31.6 Å². The van der Waals surface area contributed by atoms with Gasteiger partial charge < -0.3 is 9.47 Å². The van der Waals surface area contributed by atoms with Gasteiger partial charge in [-0.1, -0.05) is 12.1 Å². The van der Waals surface area contributed by atoms with Crippen LogP contribution in [0.25, 0.3) is 0 Å². The Morgan fingerprint density at radius 1 is 1.24 bits per heavy atom. The molecule has 0 aromatic carbocycles. The standard InChI is InChI=1S/C20H26N2O2S/c1-2-8-21-17(4-1)14-23-15-18-12-20(16-24-18)6-9-22(10-7-20)13-19-5-3-11-25-19/h1-5,8,11,18H,6-7,9-10,12-16H2. The fourth-order valence-electron chi connectivity index (χ4n) is 3.94. The number of piperidine rings is 1. The van der Waals surface area contributed by atoms with Gasteiger partial charge in [0.2, 0.25) is 0 Å². The van der Waals surface area contributed by atoms with Crippen LogP contribution in [0.2, 0.25) is 0 Å². The highest BCUT2D eigenvalue weighted by molar-refractivity contribution is 7.09. The van der Waals surface area contributed by atoms with Crippen LogP contribution in [-0.4, -0.2) is 42.3 Å². The van der Waals surface area contributed by atoms with E-state index in [0.29, 0.717) is 18.6 Å². The van der Waals surface area contributed by atoms with Gasteiger partial charge in [-0.3, -0.25) is 9.88 Å². The van der Waals surface area contributed by atoms with Crippen molar-refractivity contribution in [2.24, 2.45) is 5.41 Å². The molecule has 0 bridgehead atoms. The number of aromatic nitrogens is 1. The third-order valence-corrected chi connectivity index (χ3v) is 6.30. The van der Waals surface area contributed by atoms with E-state index < -0.39 is 0 Å². The maximum Gasteiger partial charge on any atom is 0.0889 e. The van der Waals surface area contributed by atoms with Crippen LogP contribution < -0.4 is 0 Å². The molecular formula is C20H26N2O2S. The van der Waals surface area contributed by atoms with Gasteiger partial charge in [0, 0.05) is 17.6 Å². The Balaban J connectivity index is 1.20. The molecule has 2 fully saturated rings. The summed E-state index contributed by atoms with van der Waals surface area (Å²) in [6.07, 6.45) is 5.68. The van der Waals surface area contributed by atoms with Crippen molar-refractivity contribution in [2.75, 3.05) is 26.3 Å². The molecule has 134 valence electrons. The topological polar surface area (TPSA) is 34.6 Å². The van der Waals surface area contributed by atoms with Crippen LogP contribution in [0.1, 0.15) is 29.8 Å². The van der Waals surface area contributed by atoms with Crippen LogP contribution in [-0.2, 0) is 22.6 Å². The first-order valence-electron chi connectivity index (χ1n) is 9.15. The van der Waals surface area contributed by atoms with Crippen LogP contribution in [0.3, 0.4) is 0 Å². The van der Waals surface area contributed by atoms with Crippen molar-refractivity contribution in [3.63, 3.8) is 0 Å². The second kappa shape index (κ2) is 7.96. The van der Waals surface area contributed by atoms with E-state index in [9.17, 15) is 0 Å². The molecule has 0 amide bonds. The lowest BCUT2D eigenvalue weighted by Crippen LogP contribution is -2.40. The zero-order chi connectivity index (χ0) is 17.0. The van der Waals surface area contributed by atoms with Crippen molar-refractivity contribution in [2.45, 2.75) is 38.5 Å². The number of hydrogen-bond donors (Lipinski definition) is 0. The Morgan fingerprint density at radius 2 is 2.16 bits per heavy atom. The molecule has 4 nitrogen and oxygen atoms in total. The van der Waals surface area contributed by atoms with E-state index in [0.717, 1.165) is 25.3 Å². The fourth-order valence-corrected chi connectivity index (χ4v) is 4.68. The van der Waals surface area contributed by atoms with E-state index in [1.165, 1.54) is 30.8 Å². The third-order valence-electron chi connectivity index (χ3n) is 5.44. The lowest BCUT2D eigenvalue weighted by Gasteiger charge is -2.38. The monoisotopic (exact) mass is 358 g/mol. The highest BCUT2D eigenvalue weighted by Gasteiger charge is 2.42. The minimum atomic E-state index is 0.243. The zero-order valence-corrected chi connectivity index (χ0v) is 15.4. The van der Waals surface area contributed by atoms with Crippen LogP contribution in [0.15, 0.2) is 41.9 Å². The number of likely N-dealkylation sites (tertiary alicyclic amines) is 1. The van der Waals surface area contributed by atoms with Gasteiger partial charge in [-0.25, -0.2) is 0 Å². The van der Waals surface area contributed by atoms with Crippen molar-refractivity contribution in [3.8, 4) is 0 Å². The van der Waals surface area contributed by atoms with E-state index >= 15 is 0 Å². The Morgan fingerprint density at radius 3 is 2.92 bits per heavy atom. The summed E-state index contributed by atoms with van der Waals surface area (Å²) in [7, 11) is 0. The van der Waals surface area contributed by atoms with E-state index in [-0.39, 0.29) is 6.10 Å². The van der Waals surface area contributed by atoms with Gasteiger partial charge in [0.1, 0.15) is 0 Å². The maximum atomic E-state index is 6.06. The molecule has 5 heteroatoms. The molecule has 2 aliphatic rings. The number of hydrogen-bond acceptors (Lipinski definition) is 5. The minimum absolute atomic E-state index is 0.243. The maximum absolute atomic E-state index is 6.06. The summed E-state index contributed by atoms with van der Waals surface area (Å²) in [4.78, 5) is 8.35. The molecule has 2 aromatic heterocycles. The first-order chi connectivity index (χ1) is 12.3. The largest absolute Gasteiger partial charge is 0.375 e. The summed E-state index contributed by atoms with van der Waals surface area (Å²) < 4.78 is 11.9. The molecule has 2 saturated heterocycles. The van der Waals surface area contributed by atoms with Crippen LogP contribution in [0.5, 0.6) is 0 Å². The molecular weight excluding hydrogens is 332 g/mol. The van der Waals surface area contributed by atoms with Gasteiger partial charge in [-0.05, 0) is 61.3 Å². The van der Waals surface area contributed by atoms with Crippen LogP contribution in [0, 0.1) is 5.41 Å². The highest BCUT2D eigenvalue weighted by Crippen LogP contribution is 2.42. The molecule has 2 aromatic rings. The molecule has 4 heterocycles. The number of ether oxygens (including phenoxy) is 2. The summed E-state index contributed by atoms with van der Waals surface area (Å²) in [6.45, 7) is 5.62. The third kappa shape index (κ3) is 4.47. The zero-order valence-electron chi connectivity index (χ0n) is 14.6. The van der Waals surface area contributed by atoms with Gasteiger partial charge in [0.25, 0.3) is 0 Å². The predicted molar refractivity (Wildman–Crippen MR) is 99.5 cm³/mol. The summed E-state index contributed by atoms with van der Waals surface area (Å²) in [5.41, 5.74) is 1.36. The van der Waals surface area contributed by atoms with Crippen molar-refractivity contribution < 1.29 is 9.47 Å². The molecule has 0 radical (unpaired) electrons. The molecule has 0 saturated carbocycles. The average molecular weight is 359 g/mol. The molecule has 0 aliphatic carbocycles. The second-order valence-corrected chi connectivity index (χ2v) is 8.36. The summed E-state index contributed by atoms with van der Waals surface area (Å²) in [5.74, 6) is 0. The van der Waals surface area contributed by atoms with Gasteiger partial charge >= 0.3 is 0 Å². The van der Waals surface area contributed by atoms with Crippen molar-refractivity contribution in [1.82, 2.24) is 9.88 Å². The van der Waals surface area contributed by atoms with E-state index in [4.69, 9.17) is 9.47 Å². The summed E-state index contributed by atoms with van der Waals surface area (Å²) >= 11 is 1.86. The Kier molecular flexibility index (Phi) is 5.46. The quantitative estimate of drug-likeness (QED) is 0.788. The number of rotatable bonds is 6. The highest BCUT2D eigenvalue weighted by atomic mass is 32.1. The smallest absolute Gasteiger partial charge is 0.0889 e. The molecule has 0 N–H and O–H groups in total. The van der Waals surface area contributed by atoms with Gasteiger partial charge in [-0.15, -0.1) is 11.3 Å². The van der Waals surface area contributed by atoms with Gasteiger partial charge in [0.15, 0.2) is 0 Å². The number of pyridine rings is 1. The van der Waals surface area contributed by atoms with Crippen LogP contribution >= 0.6 is 11.3 Å². The second-order valence-electron chi connectivity index (χ2n) is 7.33. The van der Waals surface area contributed by atoms with E-state index in [1.54, 1.807) is 0 Å². The summed E-state index contributed by atoms with van der Waals surface area (Å²) in [6, 6.07) is 10.3. The SMILES string of the molecule is c1ccc(COCC2CC3(CCN(Cc4cccs4)CC3)CO2)nc1. The number of nitrogens with zero attached hydrogens (tertiary/aromatic N) is 2. The molecule has 4 rings (SSSR count). The van der Waals surface area contributed by atoms with Crippen molar-refractivity contribution >= 4 is 11.3 Å². The van der Waals surface area contributed by atoms with Crippen LogP contribution in [0.4, 0.5) is 0 Å². The lowest BCUT2D eigenvalue weighted by molar-refractivity contribution is 0.00556. The predicted octanol–water partition coefficient (Wildman–Crippen LogP) is 3.73. The molecule has 2 aliphatic heterocycles. The fraction of sp³-hybridized carbons (Fsp3) is 0.550. The normalized spacial score (nSPS) is 23.3. The number of thiophene rings is 1. The van der Waals surface area contributed by atoms with Crippen molar-refractivity contribution in [1.29, 1.82) is 0 Å². The Bertz CT molecular complexity index is 639. The summed E-state index contributed by atoms with van der Waals surface area (Å²) in [5, 5.41) is 2.17. The average Bonchev–Trinajstić information content (AvgIpc) is 3.29. The lowest BCUT2D eigenvalue weighted by atomic mass is 9.76. The first-order valence-corrected chi connectivity index (χ1v) is 10.0. The minimum Gasteiger partial charge on any atom is -0.375 e. The molecule has 1 atom stereocenters. The molecule has 1 unspecified atom stereocenters. The first kappa shape index (κ1) is 17.2. The molecule has 25 heavy (non-hydrogen) atoms. The Labute approximate surface area is 153 Å². The van der Waals surface area contributed by atoms with E-state index in [2.05, 4.69) is 27.4 Å². The molecule has 1 spiro atoms. The van der Waals surface area contributed by atoms with Gasteiger partial charge in [-0.2, -0.15) is 0 Å².